The predicted octanol–water partition coefficient (Wildman–Crippen LogP) is 4.53. The van der Waals surface area contributed by atoms with Crippen molar-refractivity contribution in [1.82, 2.24) is 0 Å². The lowest BCUT2D eigenvalue weighted by Crippen LogP contribution is -2.15. The first-order valence-corrected chi connectivity index (χ1v) is 10.4. The Morgan fingerprint density at radius 1 is 1.03 bits per heavy atom. The number of carbonyl (C=O) groups excluding carboxylic acids is 2. The number of carbonyl (C=O) groups is 2. The highest BCUT2D eigenvalue weighted by Gasteiger charge is 2.16. The van der Waals surface area contributed by atoms with Gasteiger partial charge in [0.25, 0.3) is 5.91 Å². The molecule has 1 amide bonds. The number of hydrogen-bond donors (Lipinski definition) is 1. The Morgan fingerprint density at radius 2 is 1.76 bits per heavy atom. The van der Waals surface area contributed by atoms with Gasteiger partial charge in [-0.25, -0.2) is 4.79 Å². The van der Waals surface area contributed by atoms with Crippen molar-refractivity contribution in [1.29, 1.82) is 0 Å². The molecular weight excluding hydrogens is 390 g/mol. The number of esters is 1. The molecule has 0 radical (unpaired) electrons. The quantitative estimate of drug-likeness (QED) is 0.639. The number of rotatable bonds is 8. The summed E-state index contributed by atoms with van der Waals surface area (Å²) in [5.74, 6) is -0.0585. The average Bonchev–Trinajstić information content (AvgIpc) is 3.26. The maximum absolute atomic E-state index is 12.6. The summed E-state index contributed by atoms with van der Waals surface area (Å²) in [5, 5.41) is 3.59. The number of nitrogens with one attached hydrogen (secondary N) is 1. The molecule has 6 nitrogen and oxygen atoms in total. The highest BCUT2D eigenvalue weighted by molar-refractivity contribution is 8.00. The van der Waals surface area contributed by atoms with Crippen molar-refractivity contribution in [2.45, 2.75) is 35.8 Å². The summed E-state index contributed by atoms with van der Waals surface area (Å²) in [6.45, 7) is -0.266. The zero-order chi connectivity index (χ0) is 20.6. The molecule has 7 heteroatoms. The molecule has 0 saturated heterocycles. The number of methoxy groups -OCH3 is 2. The van der Waals surface area contributed by atoms with Crippen LogP contribution in [-0.2, 0) is 9.53 Å². The summed E-state index contributed by atoms with van der Waals surface area (Å²) >= 11 is 1.91. The van der Waals surface area contributed by atoms with Crippen molar-refractivity contribution in [3.8, 4) is 11.5 Å². The third-order valence-corrected chi connectivity index (χ3v) is 6.07. The summed E-state index contributed by atoms with van der Waals surface area (Å²) in [6.07, 6.45) is 5.19. The van der Waals surface area contributed by atoms with Crippen molar-refractivity contribution in [2.24, 2.45) is 0 Å². The third-order valence-electron chi connectivity index (χ3n) is 4.72. The number of thioether (sulfide) groups is 1. The fourth-order valence-electron chi connectivity index (χ4n) is 3.15. The molecule has 2 aromatic rings. The van der Waals surface area contributed by atoms with Crippen LogP contribution in [0.5, 0.6) is 11.5 Å². The maximum atomic E-state index is 12.6. The van der Waals surface area contributed by atoms with Gasteiger partial charge in [0, 0.05) is 21.4 Å². The Morgan fingerprint density at radius 3 is 2.41 bits per heavy atom. The summed E-state index contributed by atoms with van der Waals surface area (Å²) in [6, 6.07) is 12.7. The van der Waals surface area contributed by atoms with E-state index in [0.29, 0.717) is 22.3 Å². The first-order valence-electron chi connectivity index (χ1n) is 9.55. The Bertz CT molecular complexity index is 847. The summed E-state index contributed by atoms with van der Waals surface area (Å²) < 4.78 is 15.2. The standard InChI is InChI=1S/C22H25NO5S/c1-26-19-12-7-15(13-20(19)28-14-21(24)27-2)22(25)23-16-8-10-18(11-9-16)29-17-5-3-4-6-17/h7-13,17H,3-6,14H2,1-2H3,(H,23,25). The van der Waals surface area contributed by atoms with Gasteiger partial charge in [0.1, 0.15) is 0 Å². The van der Waals surface area contributed by atoms with Crippen molar-refractivity contribution in [3.63, 3.8) is 0 Å². The molecule has 0 heterocycles. The van der Waals surface area contributed by atoms with Gasteiger partial charge >= 0.3 is 5.97 Å². The van der Waals surface area contributed by atoms with E-state index in [-0.39, 0.29) is 12.5 Å². The van der Waals surface area contributed by atoms with Crippen LogP contribution in [0.4, 0.5) is 5.69 Å². The first-order chi connectivity index (χ1) is 14.1. The monoisotopic (exact) mass is 415 g/mol. The van der Waals surface area contributed by atoms with E-state index in [1.54, 1.807) is 18.2 Å². The van der Waals surface area contributed by atoms with E-state index in [0.717, 1.165) is 5.69 Å². The molecule has 0 spiro atoms. The first kappa shape index (κ1) is 21.0. The normalized spacial score (nSPS) is 13.7. The molecule has 0 atom stereocenters. The molecule has 154 valence electrons. The molecule has 29 heavy (non-hydrogen) atoms. The second-order valence-corrected chi connectivity index (χ2v) is 8.11. The largest absolute Gasteiger partial charge is 0.493 e. The lowest BCUT2D eigenvalue weighted by molar-refractivity contribution is -0.142. The molecule has 0 aromatic heterocycles. The van der Waals surface area contributed by atoms with Gasteiger partial charge in [-0.2, -0.15) is 0 Å². The van der Waals surface area contributed by atoms with E-state index < -0.39 is 5.97 Å². The van der Waals surface area contributed by atoms with Gasteiger partial charge in [0.2, 0.25) is 0 Å². The molecule has 2 aromatic carbocycles. The van der Waals surface area contributed by atoms with E-state index >= 15 is 0 Å². The van der Waals surface area contributed by atoms with Crippen LogP contribution >= 0.6 is 11.8 Å². The summed E-state index contributed by atoms with van der Waals surface area (Å²) in [4.78, 5) is 25.2. The van der Waals surface area contributed by atoms with Gasteiger partial charge in [-0.05, 0) is 55.3 Å². The minimum absolute atomic E-state index is 0.266. The fraction of sp³-hybridized carbons (Fsp3) is 0.364. The number of amides is 1. The van der Waals surface area contributed by atoms with Gasteiger partial charge in [-0.1, -0.05) is 12.8 Å². The van der Waals surface area contributed by atoms with Crippen LogP contribution in [0.1, 0.15) is 36.0 Å². The topological polar surface area (TPSA) is 73.9 Å². The Kier molecular flexibility index (Phi) is 7.41. The van der Waals surface area contributed by atoms with Gasteiger partial charge in [-0.15, -0.1) is 11.8 Å². The number of ether oxygens (including phenoxy) is 3. The van der Waals surface area contributed by atoms with Gasteiger partial charge < -0.3 is 19.5 Å². The lowest BCUT2D eigenvalue weighted by atomic mass is 10.2. The van der Waals surface area contributed by atoms with E-state index in [1.165, 1.54) is 44.8 Å². The molecule has 1 aliphatic carbocycles. The summed E-state index contributed by atoms with van der Waals surface area (Å²) in [5.41, 5.74) is 1.12. The molecule has 0 bridgehead atoms. The van der Waals surface area contributed by atoms with Crippen LogP contribution in [0.2, 0.25) is 0 Å². The smallest absolute Gasteiger partial charge is 0.343 e. The maximum Gasteiger partial charge on any atom is 0.343 e. The SMILES string of the molecule is COC(=O)COc1cc(C(=O)Nc2ccc(SC3CCCC3)cc2)ccc1OC. The zero-order valence-corrected chi connectivity index (χ0v) is 17.4. The number of hydrogen-bond acceptors (Lipinski definition) is 6. The van der Waals surface area contributed by atoms with E-state index in [4.69, 9.17) is 9.47 Å². The van der Waals surface area contributed by atoms with Crippen LogP contribution in [-0.4, -0.2) is 38.0 Å². The van der Waals surface area contributed by atoms with Gasteiger partial charge in [-0.3, -0.25) is 4.79 Å². The van der Waals surface area contributed by atoms with Crippen molar-refractivity contribution in [3.05, 3.63) is 48.0 Å². The van der Waals surface area contributed by atoms with E-state index in [1.807, 2.05) is 36.0 Å². The van der Waals surface area contributed by atoms with Crippen LogP contribution in [0, 0.1) is 0 Å². The number of benzene rings is 2. The Labute approximate surface area is 174 Å². The molecule has 1 N–H and O–H groups in total. The Hall–Kier alpha value is -2.67. The van der Waals surface area contributed by atoms with Crippen molar-refractivity contribution in [2.75, 3.05) is 26.1 Å². The molecule has 0 aliphatic heterocycles. The van der Waals surface area contributed by atoms with Gasteiger partial charge in [0.05, 0.1) is 14.2 Å². The minimum Gasteiger partial charge on any atom is -0.493 e. The van der Waals surface area contributed by atoms with Crippen LogP contribution in [0.25, 0.3) is 0 Å². The Balaban J connectivity index is 1.64. The van der Waals surface area contributed by atoms with Crippen LogP contribution < -0.4 is 14.8 Å². The predicted molar refractivity (Wildman–Crippen MR) is 113 cm³/mol. The summed E-state index contributed by atoms with van der Waals surface area (Å²) in [7, 11) is 2.77. The molecule has 3 rings (SSSR count). The molecule has 1 saturated carbocycles. The zero-order valence-electron chi connectivity index (χ0n) is 16.6. The minimum atomic E-state index is -0.516. The molecule has 0 unspecified atom stereocenters. The fourth-order valence-corrected chi connectivity index (χ4v) is 4.39. The molecular formula is C22H25NO5S. The van der Waals surface area contributed by atoms with E-state index in [9.17, 15) is 9.59 Å². The van der Waals surface area contributed by atoms with Crippen molar-refractivity contribution < 1.29 is 23.8 Å². The molecule has 1 aliphatic rings. The third kappa shape index (κ3) is 5.90. The lowest BCUT2D eigenvalue weighted by Gasteiger charge is -2.12. The highest BCUT2D eigenvalue weighted by atomic mass is 32.2. The van der Waals surface area contributed by atoms with Crippen LogP contribution in [0.15, 0.2) is 47.4 Å². The van der Waals surface area contributed by atoms with Crippen LogP contribution in [0.3, 0.4) is 0 Å². The number of anilines is 1. The second kappa shape index (κ2) is 10.2. The average molecular weight is 416 g/mol. The van der Waals surface area contributed by atoms with E-state index in [2.05, 4.69) is 10.1 Å². The van der Waals surface area contributed by atoms with Gasteiger partial charge in [0.15, 0.2) is 18.1 Å². The van der Waals surface area contributed by atoms with Crippen molar-refractivity contribution >= 4 is 29.3 Å². The highest BCUT2D eigenvalue weighted by Crippen LogP contribution is 2.35. The molecule has 1 fully saturated rings. The second-order valence-electron chi connectivity index (χ2n) is 6.73.